The standard InChI is InChI=1S/C13H17N5O/c1-9-5-17(8-11(9)12(14)19)6-10-7-18-4-2-3-15-13(18)16-10/h2-4,7,9,11H,5-6,8H2,1H3,(H2,14,19)/t9-,11-/m1/s1. The van der Waals surface area contributed by atoms with Gasteiger partial charge in [0.15, 0.2) is 0 Å². The summed E-state index contributed by atoms with van der Waals surface area (Å²) in [6, 6.07) is 1.87. The van der Waals surface area contributed by atoms with Crippen molar-refractivity contribution in [2.24, 2.45) is 17.6 Å². The lowest BCUT2D eigenvalue weighted by Gasteiger charge is -2.12. The Morgan fingerprint density at radius 2 is 2.37 bits per heavy atom. The molecule has 19 heavy (non-hydrogen) atoms. The minimum Gasteiger partial charge on any atom is -0.369 e. The summed E-state index contributed by atoms with van der Waals surface area (Å²) in [5.41, 5.74) is 6.38. The average molecular weight is 259 g/mol. The molecule has 1 fully saturated rings. The average Bonchev–Trinajstić information content (AvgIpc) is 2.92. The van der Waals surface area contributed by atoms with Crippen molar-refractivity contribution in [3.8, 4) is 0 Å². The third-order valence-electron chi connectivity index (χ3n) is 3.72. The van der Waals surface area contributed by atoms with Crippen molar-refractivity contribution in [2.75, 3.05) is 13.1 Å². The highest BCUT2D eigenvalue weighted by molar-refractivity contribution is 5.77. The fourth-order valence-electron chi connectivity index (χ4n) is 2.75. The molecule has 3 rings (SSSR count). The minimum atomic E-state index is -0.202. The first-order valence-corrected chi connectivity index (χ1v) is 6.44. The Hall–Kier alpha value is -1.95. The van der Waals surface area contributed by atoms with Crippen LogP contribution in [-0.2, 0) is 11.3 Å². The van der Waals surface area contributed by atoms with Crippen LogP contribution in [0.5, 0.6) is 0 Å². The molecule has 0 spiro atoms. The molecular formula is C13H17N5O. The van der Waals surface area contributed by atoms with Crippen LogP contribution in [0.2, 0.25) is 0 Å². The third-order valence-corrected chi connectivity index (χ3v) is 3.72. The topological polar surface area (TPSA) is 76.5 Å². The van der Waals surface area contributed by atoms with Gasteiger partial charge in [0, 0.05) is 38.2 Å². The van der Waals surface area contributed by atoms with Gasteiger partial charge in [0.1, 0.15) is 0 Å². The summed E-state index contributed by atoms with van der Waals surface area (Å²) in [4.78, 5) is 22.2. The molecule has 1 aliphatic heterocycles. The van der Waals surface area contributed by atoms with Gasteiger partial charge in [0.05, 0.1) is 11.6 Å². The fourth-order valence-corrected chi connectivity index (χ4v) is 2.75. The summed E-state index contributed by atoms with van der Waals surface area (Å²) in [5, 5.41) is 0. The van der Waals surface area contributed by atoms with Crippen molar-refractivity contribution in [2.45, 2.75) is 13.5 Å². The normalized spacial score (nSPS) is 24.1. The molecule has 0 aromatic carbocycles. The van der Waals surface area contributed by atoms with Crippen molar-refractivity contribution in [1.82, 2.24) is 19.3 Å². The molecule has 3 heterocycles. The van der Waals surface area contributed by atoms with Gasteiger partial charge >= 0.3 is 0 Å². The van der Waals surface area contributed by atoms with Gasteiger partial charge in [-0.2, -0.15) is 0 Å². The first-order chi connectivity index (χ1) is 9.13. The number of rotatable bonds is 3. The number of hydrogen-bond donors (Lipinski definition) is 1. The van der Waals surface area contributed by atoms with Crippen molar-refractivity contribution >= 4 is 11.7 Å². The smallest absolute Gasteiger partial charge is 0.233 e. The first kappa shape index (κ1) is 12.1. The molecule has 0 saturated carbocycles. The van der Waals surface area contributed by atoms with E-state index >= 15 is 0 Å². The maximum atomic E-state index is 11.3. The Bertz CT molecular complexity index is 575. The number of fused-ring (bicyclic) bond motifs is 1. The SMILES string of the molecule is C[C@@H]1CN(Cc2cn3cccnc3n2)C[C@H]1C(N)=O. The molecule has 0 aliphatic carbocycles. The summed E-state index contributed by atoms with van der Waals surface area (Å²) < 4.78 is 1.90. The number of imidazole rings is 1. The second kappa shape index (κ2) is 4.62. The molecule has 6 nitrogen and oxygen atoms in total. The summed E-state index contributed by atoms with van der Waals surface area (Å²) in [5.74, 6) is 0.769. The molecule has 1 saturated heterocycles. The molecule has 1 aliphatic rings. The Morgan fingerprint density at radius 3 is 3.05 bits per heavy atom. The number of carbonyl (C=O) groups is 1. The number of nitrogens with zero attached hydrogens (tertiary/aromatic N) is 4. The van der Waals surface area contributed by atoms with Crippen LogP contribution < -0.4 is 5.73 Å². The van der Waals surface area contributed by atoms with E-state index in [4.69, 9.17) is 5.73 Å². The predicted molar refractivity (Wildman–Crippen MR) is 70.1 cm³/mol. The van der Waals surface area contributed by atoms with E-state index < -0.39 is 0 Å². The van der Waals surface area contributed by atoms with Crippen LogP contribution in [0.25, 0.3) is 5.78 Å². The maximum Gasteiger partial charge on any atom is 0.233 e. The molecule has 2 atom stereocenters. The zero-order valence-corrected chi connectivity index (χ0v) is 10.9. The largest absolute Gasteiger partial charge is 0.369 e. The quantitative estimate of drug-likeness (QED) is 0.859. The van der Waals surface area contributed by atoms with Crippen LogP contribution in [0.1, 0.15) is 12.6 Å². The van der Waals surface area contributed by atoms with Gasteiger partial charge in [-0.3, -0.25) is 14.1 Å². The first-order valence-electron chi connectivity index (χ1n) is 6.44. The number of carbonyl (C=O) groups excluding carboxylic acids is 1. The number of hydrogen-bond acceptors (Lipinski definition) is 4. The van der Waals surface area contributed by atoms with E-state index in [2.05, 4.69) is 21.8 Å². The van der Waals surface area contributed by atoms with Crippen LogP contribution in [-0.4, -0.2) is 38.3 Å². The van der Waals surface area contributed by atoms with E-state index in [1.165, 1.54) is 0 Å². The van der Waals surface area contributed by atoms with Crippen molar-refractivity contribution < 1.29 is 4.79 Å². The molecule has 0 radical (unpaired) electrons. The predicted octanol–water partition coefficient (Wildman–Crippen LogP) is 0.283. The number of primary amides is 1. The van der Waals surface area contributed by atoms with Gasteiger partial charge in [0.2, 0.25) is 11.7 Å². The summed E-state index contributed by atoms with van der Waals surface area (Å²) in [6.45, 7) is 4.41. The van der Waals surface area contributed by atoms with E-state index in [-0.39, 0.29) is 11.8 Å². The Labute approximate surface area is 111 Å². The molecule has 2 aromatic heterocycles. The number of likely N-dealkylation sites (tertiary alicyclic amines) is 1. The zero-order chi connectivity index (χ0) is 13.4. The highest BCUT2D eigenvalue weighted by Gasteiger charge is 2.33. The van der Waals surface area contributed by atoms with E-state index in [0.29, 0.717) is 11.7 Å². The highest BCUT2D eigenvalue weighted by Crippen LogP contribution is 2.23. The van der Waals surface area contributed by atoms with Gasteiger partial charge in [-0.25, -0.2) is 9.97 Å². The number of amides is 1. The molecule has 0 unspecified atom stereocenters. The molecule has 2 N–H and O–H groups in total. The molecule has 6 heteroatoms. The molecule has 2 aromatic rings. The second-order valence-corrected chi connectivity index (χ2v) is 5.24. The van der Waals surface area contributed by atoms with Gasteiger partial charge < -0.3 is 5.73 Å². The maximum absolute atomic E-state index is 11.3. The van der Waals surface area contributed by atoms with E-state index in [1.807, 2.05) is 22.9 Å². The monoisotopic (exact) mass is 259 g/mol. The van der Waals surface area contributed by atoms with Crippen LogP contribution in [0.3, 0.4) is 0 Å². The van der Waals surface area contributed by atoms with Crippen LogP contribution in [0.4, 0.5) is 0 Å². The molecule has 0 bridgehead atoms. The summed E-state index contributed by atoms with van der Waals surface area (Å²) >= 11 is 0. The third kappa shape index (κ3) is 2.31. The van der Waals surface area contributed by atoms with Crippen molar-refractivity contribution in [3.05, 3.63) is 30.4 Å². The fraction of sp³-hybridized carbons (Fsp3) is 0.462. The van der Waals surface area contributed by atoms with Crippen molar-refractivity contribution in [1.29, 1.82) is 0 Å². The zero-order valence-electron chi connectivity index (χ0n) is 10.9. The Kier molecular flexibility index (Phi) is 2.94. The van der Waals surface area contributed by atoms with E-state index in [0.717, 1.165) is 25.3 Å². The van der Waals surface area contributed by atoms with Crippen molar-refractivity contribution in [3.63, 3.8) is 0 Å². The van der Waals surface area contributed by atoms with Gasteiger partial charge in [-0.1, -0.05) is 6.92 Å². The lowest BCUT2D eigenvalue weighted by atomic mass is 9.98. The van der Waals surface area contributed by atoms with Crippen LogP contribution in [0, 0.1) is 11.8 Å². The van der Waals surface area contributed by atoms with E-state index in [9.17, 15) is 4.79 Å². The molecule has 1 amide bonds. The highest BCUT2D eigenvalue weighted by atomic mass is 16.1. The van der Waals surface area contributed by atoms with Crippen LogP contribution >= 0.6 is 0 Å². The van der Waals surface area contributed by atoms with Gasteiger partial charge in [0.25, 0.3) is 0 Å². The number of nitrogens with two attached hydrogens (primary N) is 1. The van der Waals surface area contributed by atoms with E-state index in [1.54, 1.807) is 6.20 Å². The lowest BCUT2D eigenvalue weighted by Crippen LogP contribution is -2.29. The Balaban J connectivity index is 1.74. The van der Waals surface area contributed by atoms with Gasteiger partial charge in [-0.05, 0) is 12.0 Å². The molecular weight excluding hydrogens is 242 g/mol. The lowest BCUT2D eigenvalue weighted by molar-refractivity contribution is -0.122. The summed E-state index contributed by atoms with van der Waals surface area (Å²) in [7, 11) is 0. The minimum absolute atomic E-state index is 0.0462. The second-order valence-electron chi connectivity index (χ2n) is 5.24. The van der Waals surface area contributed by atoms with Gasteiger partial charge in [-0.15, -0.1) is 0 Å². The summed E-state index contributed by atoms with van der Waals surface area (Å²) in [6.07, 6.45) is 5.63. The Morgan fingerprint density at radius 1 is 1.53 bits per heavy atom. The van der Waals surface area contributed by atoms with Crippen LogP contribution in [0.15, 0.2) is 24.7 Å². The number of aromatic nitrogens is 3. The molecule has 100 valence electrons.